The molecule has 1 heterocycles. The smallest absolute Gasteiger partial charge is 0.222 e. The first-order chi connectivity index (χ1) is 12.2. The van der Waals surface area contributed by atoms with Gasteiger partial charge in [0.2, 0.25) is 5.91 Å². The van der Waals surface area contributed by atoms with Gasteiger partial charge in [-0.3, -0.25) is 4.79 Å². The maximum atomic E-state index is 12.8. The number of carbonyl (C=O) groups excluding carboxylic acids is 1. The van der Waals surface area contributed by atoms with Gasteiger partial charge in [0.1, 0.15) is 0 Å². The predicted octanol–water partition coefficient (Wildman–Crippen LogP) is 3.58. The molecule has 0 radical (unpaired) electrons. The molecule has 4 nitrogen and oxygen atoms in total. The molecule has 25 heavy (non-hydrogen) atoms. The standard InChI is InChI=1S/C21H31NO3/c1-24-18-12-13-21(25-2)14-15-22(19(21)16-18)20(23)11-7-6-10-17-8-4-3-5-9-17/h3-5,8-9,18-19H,6-7,10-16H2,1-2H3/t18-,19-,21+/m0/s1. The summed E-state index contributed by atoms with van der Waals surface area (Å²) >= 11 is 0. The minimum Gasteiger partial charge on any atom is -0.381 e. The summed E-state index contributed by atoms with van der Waals surface area (Å²) in [6.45, 7) is 0.826. The number of methoxy groups -OCH3 is 2. The summed E-state index contributed by atoms with van der Waals surface area (Å²) in [5.74, 6) is 0.286. The van der Waals surface area contributed by atoms with Crippen molar-refractivity contribution in [2.75, 3.05) is 20.8 Å². The van der Waals surface area contributed by atoms with Crippen LogP contribution in [-0.2, 0) is 20.7 Å². The molecule has 0 N–H and O–H groups in total. The van der Waals surface area contributed by atoms with Crippen LogP contribution in [0.2, 0.25) is 0 Å². The summed E-state index contributed by atoms with van der Waals surface area (Å²) in [6, 6.07) is 10.7. The van der Waals surface area contributed by atoms with Crippen molar-refractivity contribution >= 4 is 5.91 Å². The molecular weight excluding hydrogens is 314 g/mol. The van der Waals surface area contributed by atoms with Crippen LogP contribution in [-0.4, -0.2) is 49.3 Å². The molecule has 2 aliphatic rings. The SMILES string of the molecule is CO[C@H]1CC[C@@]2(OC)CCN(C(=O)CCCCc3ccccc3)[C@H]2C1. The van der Waals surface area contributed by atoms with Gasteiger partial charge < -0.3 is 14.4 Å². The fourth-order valence-electron chi connectivity index (χ4n) is 4.57. The minimum absolute atomic E-state index is 0.144. The fraction of sp³-hybridized carbons (Fsp3) is 0.667. The van der Waals surface area contributed by atoms with Crippen LogP contribution >= 0.6 is 0 Å². The molecule has 3 atom stereocenters. The van der Waals surface area contributed by atoms with Crippen LogP contribution in [0, 0.1) is 0 Å². The molecule has 1 saturated carbocycles. The van der Waals surface area contributed by atoms with Crippen molar-refractivity contribution in [3.8, 4) is 0 Å². The molecule has 3 rings (SSSR count). The normalized spacial score (nSPS) is 28.8. The lowest BCUT2D eigenvalue weighted by molar-refractivity contribution is -0.140. The second-order valence-corrected chi connectivity index (χ2v) is 7.45. The van der Waals surface area contributed by atoms with Crippen LogP contribution in [0.5, 0.6) is 0 Å². The molecule has 1 saturated heterocycles. The molecule has 138 valence electrons. The Balaban J connectivity index is 1.51. The largest absolute Gasteiger partial charge is 0.381 e. The summed E-state index contributed by atoms with van der Waals surface area (Å²) in [5.41, 5.74) is 1.21. The third-order valence-corrected chi connectivity index (χ3v) is 6.14. The van der Waals surface area contributed by atoms with E-state index in [2.05, 4.69) is 29.2 Å². The van der Waals surface area contributed by atoms with Gasteiger partial charge in [-0.1, -0.05) is 30.3 Å². The van der Waals surface area contributed by atoms with Crippen LogP contribution in [0.15, 0.2) is 30.3 Å². The number of unbranched alkanes of at least 4 members (excludes halogenated alkanes) is 1. The van der Waals surface area contributed by atoms with Crippen LogP contribution in [0.4, 0.5) is 0 Å². The number of ether oxygens (including phenoxy) is 2. The zero-order valence-electron chi connectivity index (χ0n) is 15.6. The number of amides is 1. The number of nitrogens with zero attached hydrogens (tertiary/aromatic N) is 1. The summed E-state index contributed by atoms with van der Waals surface area (Å²) in [7, 11) is 3.57. The average molecular weight is 345 g/mol. The highest BCUT2D eigenvalue weighted by Crippen LogP contribution is 2.43. The maximum absolute atomic E-state index is 12.8. The van der Waals surface area contributed by atoms with E-state index in [1.807, 2.05) is 6.07 Å². The van der Waals surface area contributed by atoms with Gasteiger partial charge in [0.15, 0.2) is 0 Å². The number of hydrogen-bond acceptors (Lipinski definition) is 3. The summed E-state index contributed by atoms with van der Waals surface area (Å²) < 4.78 is 11.5. The second kappa shape index (κ2) is 8.33. The van der Waals surface area contributed by atoms with Crippen molar-refractivity contribution in [3.63, 3.8) is 0 Å². The van der Waals surface area contributed by atoms with Crippen LogP contribution in [0.3, 0.4) is 0 Å². The topological polar surface area (TPSA) is 38.8 Å². The molecule has 1 aromatic carbocycles. The first kappa shape index (κ1) is 18.4. The first-order valence-corrected chi connectivity index (χ1v) is 9.60. The zero-order chi connectivity index (χ0) is 17.7. The minimum atomic E-state index is -0.144. The first-order valence-electron chi connectivity index (χ1n) is 9.60. The molecule has 1 aromatic rings. The molecule has 1 aliphatic carbocycles. The fourth-order valence-corrected chi connectivity index (χ4v) is 4.57. The van der Waals surface area contributed by atoms with Gasteiger partial charge in [0.25, 0.3) is 0 Å². The summed E-state index contributed by atoms with van der Waals surface area (Å²) in [5, 5.41) is 0. The Kier molecular flexibility index (Phi) is 6.13. The van der Waals surface area contributed by atoms with Crippen molar-refractivity contribution < 1.29 is 14.3 Å². The van der Waals surface area contributed by atoms with Gasteiger partial charge >= 0.3 is 0 Å². The lowest BCUT2D eigenvalue weighted by Gasteiger charge is -2.43. The molecule has 0 bridgehead atoms. The van der Waals surface area contributed by atoms with Crippen LogP contribution < -0.4 is 0 Å². The van der Waals surface area contributed by atoms with Gasteiger partial charge in [0.05, 0.1) is 17.7 Å². The average Bonchev–Trinajstić information content (AvgIpc) is 3.05. The molecule has 0 unspecified atom stereocenters. The molecule has 2 fully saturated rings. The van der Waals surface area contributed by atoms with E-state index < -0.39 is 0 Å². The van der Waals surface area contributed by atoms with Crippen molar-refractivity contribution in [1.29, 1.82) is 0 Å². The third-order valence-electron chi connectivity index (χ3n) is 6.14. The van der Waals surface area contributed by atoms with E-state index in [-0.39, 0.29) is 23.7 Å². The summed E-state index contributed by atoms with van der Waals surface area (Å²) in [6.07, 6.45) is 7.83. The number of hydrogen-bond donors (Lipinski definition) is 0. The van der Waals surface area contributed by atoms with Crippen molar-refractivity contribution in [2.24, 2.45) is 0 Å². The van der Waals surface area contributed by atoms with E-state index in [9.17, 15) is 4.79 Å². The molecule has 1 aliphatic heterocycles. The lowest BCUT2D eigenvalue weighted by atomic mass is 9.79. The second-order valence-electron chi connectivity index (χ2n) is 7.45. The molecule has 0 spiro atoms. The van der Waals surface area contributed by atoms with Gasteiger partial charge in [-0.25, -0.2) is 0 Å². The van der Waals surface area contributed by atoms with Gasteiger partial charge in [-0.15, -0.1) is 0 Å². The number of likely N-dealkylation sites (tertiary alicyclic amines) is 1. The quantitative estimate of drug-likeness (QED) is 0.709. The van der Waals surface area contributed by atoms with Gasteiger partial charge in [-0.2, -0.15) is 0 Å². The number of fused-ring (bicyclic) bond motifs is 1. The van der Waals surface area contributed by atoms with E-state index in [4.69, 9.17) is 9.47 Å². The highest BCUT2D eigenvalue weighted by Gasteiger charge is 2.52. The van der Waals surface area contributed by atoms with Gasteiger partial charge in [-0.05, 0) is 50.5 Å². The highest BCUT2D eigenvalue weighted by atomic mass is 16.5. The van der Waals surface area contributed by atoms with Crippen molar-refractivity contribution in [1.82, 2.24) is 4.90 Å². The van der Waals surface area contributed by atoms with E-state index in [1.165, 1.54) is 5.56 Å². The molecule has 0 aromatic heterocycles. The van der Waals surface area contributed by atoms with E-state index in [1.54, 1.807) is 14.2 Å². The third kappa shape index (κ3) is 4.06. The Morgan fingerprint density at radius 2 is 2.00 bits per heavy atom. The van der Waals surface area contributed by atoms with Crippen molar-refractivity contribution in [3.05, 3.63) is 35.9 Å². The Labute approximate surface area is 151 Å². The Morgan fingerprint density at radius 3 is 2.72 bits per heavy atom. The Bertz CT molecular complexity index is 562. The number of carbonyl (C=O) groups is 1. The Hall–Kier alpha value is -1.39. The highest BCUT2D eigenvalue weighted by molar-refractivity contribution is 5.77. The maximum Gasteiger partial charge on any atom is 0.222 e. The monoisotopic (exact) mass is 345 g/mol. The van der Waals surface area contributed by atoms with Crippen molar-refractivity contribution in [2.45, 2.75) is 69.1 Å². The lowest BCUT2D eigenvalue weighted by Crippen LogP contribution is -2.53. The molecule has 1 amide bonds. The van der Waals surface area contributed by atoms with E-state index >= 15 is 0 Å². The Morgan fingerprint density at radius 1 is 1.20 bits per heavy atom. The van der Waals surface area contributed by atoms with Gasteiger partial charge in [0, 0.05) is 27.2 Å². The molecule has 4 heteroatoms. The number of benzene rings is 1. The van der Waals surface area contributed by atoms with Crippen LogP contribution in [0.25, 0.3) is 0 Å². The zero-order valence-corrected chi connectivity index (χ0v) is 15.6. The van der Waals surface area contributed by atoms with E-state index in [0.717, 1.165) is 51.5 Å². The number of aryl methyl sites for hydroxylation is 1. The predicted molar refractivity (Wildman–Crippen MR) is 98.5 cm³/mol. The molecular formula is C21H31NO3. The number of rotatable bonds is 7. The summed E-state index contributed by atoms with van der Waals surface area (Å²) in [4.78, 5) is 14.9. The van der Waals surface area contributed by atoms with E-state index in [0.29, 0.717) is 6.42 Å². The van der Waals surface area contributed by atoms with Crippen LogP contribution in [0.1, 0.15) is 50.5 Å².